The number of fused-ring (bicyclic) bond motifs is 6. The van der Waals surface area contributed by atoms with E-state index in [1.165, 1.54) is 40.1 Å². The maximum atomic E-state index is 14.3. The molecule has 1 nitrogen and oxygen atoms in total. The number of nitrogens with zero attached hydrogens (tertiary/aromatic N) is 1. The zero-order chi connectivity index (χ0) is 19.6. The highest BCUT2D eigenvalue weighted by atomic mass is 35.5. The van der Waals surface area contributed by atoms with Gasteiger partial charge in [-0.2, -0.15) is 0 Å². The van der Waals surface area contributed by atoms with Crippen LogP contribution in [0.4, 0.5) is 4.39 Å². The third-order valence-electron chi connectivity index (χ3n) is 5.87. The topological polar surface area (TPSA) is 12.9 Å². The highest BCUT2D eigenvalue weighted by Gasteiger charge is 2.15. The molecule has 1 aliphatic carbocycles. The fraction of sp³-hybridized carbons (Fsp3) is 0.148. The molecule has 0 aliphatic heterocycles. The average molecular weight is 416 g/mol. The summed E-state index contributed by atoms with van der Waals surface area (Å²) >= 11 is 0. The number of hydrogen-bond acceptors (Lipinski definition) is 1. The highest BCUT2D eigenvalue weighted by Crippen LogP contribution is 2.34. The minimum Gasteiger partial charge on any atom is -0.264 e. The van der Waals surface area contributed by atoms with Gasteiger partial charge in [0.05, 0.1) is 0 Å². The molecule has 150 valence electrons. The molecular formula is C27H23ClFN. The quantitative estimate of drug-likeness (QED) is 0.236. The maximum absolute atomic E-state index is 14.3. The first-order chi connectivity index (χ1) is 14.3. The zero-order valence-electron chi connectivity index (χ0n) is 16.6. The molecule has 0 N–H and O–H groups in total. The number of aryl methyl sites for hydroxylation is 2. The summed E-state index contributed by atoms with van der Waals surface area (Å²) in [6.45, 7) is 0. The van der Waals surface area contributed by atoms with Gasteiger partial charge in [0.2, 0.25) is 0 Å². The fourth-order valence-corrected chi connectivity index (χ4v) is 4.41. The van der Waals surface area contributed by atoms with Crippen LogP contribution in [0, 0.1) is 5.82 Å². The molecule has 5 aromatic rings. The van der Waals surface area contributed by atoms with E-state index < -0.39 is 0 Å². The van der Waals surface area contributed by atoms with Crippen molar-refractivity contribution in [2.75, 3.05) is 0 Å². The van der Waals surface area contributed by atoms with Gasteiger partial charge in [0.25, 0.3) is 0 Å². The van der Waals surface area contributed by atoms with Crippen LogP contribution in [0.3, 0.4) is 0 Å². The molecule has 4 aromatic carbocycles. The van der Waals surface area contributed by atoms with Crippen LogP contribution in [-0.2, 0) is 12.8 Å². The SMILES string of the molecule is Cl.Fc1cc2c3c(ccc2c2ccccc12)CCCC3.c1ccc2cnccc2c1. The normalized spacial score (nSPS) is 12.7. The van der Waals surface area contributed by atoms with E-state index in [1.807, 2.05) is 54.9 Å². The van der Waals surface area contributed by atoms with Gasteiger partial charge in [0.1, 0.15) is 5.82 Å². The van der Waals surface area contributed by atoms with Crippen molar-refractivity contribution in [3.63, 3.8) is 0 Å². The van der Waals surface area contributed by atoms with Crippen LogP contribution < -0.4 is 0 Å². The first kappa shape index (κ1) is 20.3. The molecule has 30 heavy (non-hydrogen) atoms. The smallest absolute Gasteiger partial charge is 0.131 e. The van der Waals surface area contributed by atoms with E-state index in [2.05, 4.69) is 29.2 Å². The van der Waals surface area contributed by atoms with Crippen molar-refractivity contribution in [1.82, 2.24) is 4.98 Å². The first-order valence-corrected chi connectivity index (χ1v) is 10.2. The number of pyridine rings is 1. The van der Waals surface area contributed by atoms with Crippen molar-refractivity contribution in [3.8, 4) is 0 Å². The molecule has 0 atom stereocenters. The predicted molar refractivity (Wildman–Crippen MR) is 127 cm³/mol. The summed E-state index contributed by atoms with van der Waals surface area (Å²) in [6, 6.07) is 24.1. The number of aromatic nitrogens is 1. The van der Waals surface area contributed by atoms with E-state index in [-0.39, 0.29) is 18.2 Å². The molecule has 1 aromatic heterocycles. The van der Waals surface area contributed by atoms with Gasteiger partial charge in [0.15, 0.2) is 0 Å². The van der Waals surface area contributed by atoms with Crippen LogP contribution in [-0.4, -0.2) is 4.98 Å². The molecule has 0 radical (unpaired) electrons. The Balaban J connectivity index is 0.000000168. The molecular weight excluding hydrogens is 393 g/mol. The molecule has 3 heteroatoms. The summed E-state index contributed by atoms with van der Waals surface area (Å²) in [5.74, 6) is -0.0953. The Morgan fingerprint density at radius 1 is 0.667 bits per heavy atom. The monoisotopic (exact) mass is 415 g/mol. The standard InChI is InChI=1S/C18H15F.C9H7N.ClH/c19-18-11-17-13-6-2-1-5-12(13)9-10-15(17)14-7-3-4-8-16(14)18;1-2-4-9-7-10-6-5-8(9)3-1;/h3-4,7-11H,1-2,5-6H2;1-7H;1H. The molecule has 6 rings (SSSR count). The lowest BCUT2D eigenvalue weighted by Crippen LogP contribution is -2.03. The van der Waals surface area contributed by atoms with Crippen molar-refractivity contribution in [2.24, 2.45) is 0 Å². The second kappa shape index (κ2) is 8.81. The van der Waals surface area contributed by atoms with Gasteiger partial charge in [-0.15, -0.1) is 12.4 Å². The maximum Gasteiger partial charge on any atom is 0.131 e. The minimum absolute atomic E-state index is 0. The number of rotatable bonds is 0. The number of benzene rings is 4. The molecule has 1 heterocycles. The highest BCUT2D eigenvalue weighted by molar-refractivity contribution is 6.09. The Morgan fingerprint density at radius 2 is 1.37 bits per heavy atom. The summed E-state index contributed by atoms with van der Waals surface area (Å²) in [6.07, 6.45) is 8.39. The minimum atomic E-state index is -0.0953. The largest absolute Gasteiger partial charge is 0.264 e. The fourth-order valence-electron chi connectivity index (χ4n) is 4.41. The summed E-state index contributed by atoms with van der Waals surface area (Å²) < 4.78 is 14.3. The van der Waals surface area contributed by atoms with E-state index in [9.17, 15) is 4.39 Å². The molecule has 0 unspecified atom stereocenters. The van der Waals surface area contributed by atoms with E-state index in [1.54, 1.807) is 6.07 Å². The Morgan fingerprint density at radius 3 is 2.20 bits per heavy atom. The summed E-state index contributed by atoms with van der Waals surface area (Å²) in [7, 11) is 0. The summed E-state index contributed by atoms with van der Waals surface area (Å²) in [5.41, 5.74) is 2.78. The van der Waals surface area contributed by atoms with Crippen molar-refractivity contribution in [3.05, 3.63) is 102 Å². The van der Waals surface area contributed by atoms with Crippen LogP contribution in [0.2, 0.25) is 0 Å². The third kappa shape index (κ3) is 3.76. The number of hydrogen-bond donors (Lipinski definition) is 0. The lowest BCUT2D eigenvalue weighted by atomic mass is 9.86. The van der Waals surface area contributed by atoms with Gasteiger partial charge in [-0.05, 0) is 75.9 Å². The third-order valence-corrected chi connectivity index (χ3v) is 5.87. The van der Waals surface area contributed by atoms with Crippen LogP contribution >= 0.6 is 12.4 Å². The van der Waals surface area contributed by atoms with Crippen LogP contribution in [0.1, 0.15) is 24.0 Å². The van der Waals surface area contributed by atoms with Crippen molar-refractivity contribution < 1.29 is 4.39 Å². The first-order valence-electron chi connectivity index (χ1n) is 10.2. The summed E-state index contributed by atoms with van der Waals surface area (Å²) in [5, 5.41) is 6.52. The zero-order valence-corrected chi connectivity index (χ0v) is 17.5. The molecule has 0 bridgehead atoms. The van der Waals surface area contributed by atoms with E-state index in [4.69, 9.17) is 0 Å². The molecule has 1 aliphatic rings. The molecule has 0 saturated heterocycles. The molecule has 0 amide bonds. The lowest BCUT2D eigenvalue weighted by Gasteiger charge is -2.19. The van der Waals surface area contributed by atoms with Crippen LogP contribution in [0.25, 0.3) is 32.3 Å². The molecule has 0 fully saturated rings. The van der Waals surface area contributed by atoms with Gasteiger partial charge >= 0.3 is 0 Å². The lowest BCUT2D eigenvalue weighted by molar-refractivity contribution is 0.640. The molecule has 0 saturated carbocycles. The Hall–Kier alpha value is -2.97. The Kier molecular flexibility index (Phi) is 5.96. The van der Waals surface area contributed by atoms with E-state index >= 15 is 0 Å². The predicted octanol–water partition coefficient (Wildman–Crippen LogP) is 7.67. The second-order valence-corrected chi connectivity index (χ2v) is 7.63. The molecule has 0 spiro atoms. The van der Waals surface area contributed by atoms with Crippen molar-refractivity contribution in [1.29, 1.82) is 0 Å². The van der Waals surface area contributed by atoms with Gasteiger partial charge < -0.3 is 0 Å². The van der Waals surface area contributed by atoms with Gasteiger partial charge in [-0.1, -0.05) is 60.7 Å². The number of halogens is 2. The van der Waals surface area contributed by atoms with E-state index in [0.29, 0.717) is 0 Å². The van der Waals surface area contributed by atoms with Gasteiger partial charge in [-0.25, -0.2) is 4.39 Å². The van der Waals surface area contributed by atoms with Crippen molar-refractivity contribution in [2.45, 2.75) is 25.7 Å². The second-order valence-electron chi connectivity index (χ2n) is 7.63. The van der Waals surface area contributed by atoms with Crippen molar-refractivity contribution >= 4 is 44.7 Å². The van der Waals surface area contributed by atoms with Crippen LogP contribution in [0.15, 0.2) is 85.2 Å². The van der Waals surface area contributed by atoms with E-state index in [0.717, 1.165) is 29.0 Å². The average Bonchev–Trinajstić information content (AvgIpc) is 2.80. The van der Waals surface area contributed by atoms with Gasteiger partial charge in [-0.3, -0.25) is 4.98 Å². The Labute approximate surface area is 182 Å². The summed E-state index contributed by atoms with van der Waals surface area (Å²) in [4.78, 5) is 4.01. The van der Waals surface area contributed by atoms with Crippen LogP contribution in [0.5, 0.6) is 0 Å². The Bertz CT molecular complexity index is 1260. The van der Waals surface area contributed by atoms with Gasteiger partial charge in [0, 0.05) is 17.8 Å².